The number of anilines is 1. The number of carbonyl (C=O) groups excluding carboxylic acids is 1. The van der Waals surface area contributed by atoms with Crippen molar-refractivity contribution >= 4 is 34.5 Å². The molecule has 1 aliphatic heterocycles. The Morgan fingerprint density at radius 2 is 1.58 bits per heavy atom. The second-order valence-electron chi connectivity index (χ2n) is 8.40. The number of H-pyrrole nitrogens is 1. The van der Waals surface area contributed by atoms with Crippen molar-refractivity contribution in [3.05, 3.63) is 120 Å². The molecule has 36 heavy (non-hydrogen) atoms. The predicted molar refractivity (Wildman–Crippen MR) is 143 cm³/mol. The summed E-state index contributed by atoms with van der Waals surface area (Å²) in [6.07, 6.45) is 1.80. The first kappa shape index (κ1) is 21.6. The average Bonchev–Trinajstić information content (AvgIpc) is 3.51. The number of benzene rings is 4. The molecule has 5 aromatic rings. The van der Waals surface area contributed by atoms with Crippen molar-refractivity contribution in [2.24, 2.45) is 4.99 Å². The minimum absolute atomic E-state index is 0.188. The summed E-state index contributed by atoms with van der Waals surface area (Å²) in [5.74, 6) is 1.90. The summed E-state index contributed by atoms with van der Waals surface area (Å²) in [4.78, 5) is 28.2. The van der Waals surface area contributed by atoms with E-state index in [2.05, 4.69) is 4.98 Å². The maximum Gasteiger partial charge on any atom is 0.282 e. The summed E-state index contributed by atoms with van der Waals surface area (Å²) in [5, 5.41) is 0. The molecule has 174 valence electrons. The molecule has 0 aliphatic carbocycles. The zero-order valence-corrected chi connectivity index (χ0v) is 19.6. The van der Waals surface area contributed by atoms with Crippen molar-refractivity contribution in [3.8, 4) is 17.1 Å². The Morgan fingerprint density at radius 1 is 0.833 bits per heavy atom. The van der Waals surface area contributed by atoms with Crippen LogP contribution in [-0.2, 0) is 4.79 Å². The summed E-state index contributed by atoms with van der Waals surface area (Å²) in [6, 6.07) is 33.0. The van der Waals surface area contributed by atoms with E-state index in [0.29, 0.717) is 11.5 Å². The smallest absolute Gasteiger partial charge is 0.282 e. The number of aromatic nitrogens is 2. The number of aliphatic imine (C=N–C) groups is 1. The molecule has 6 rings (SSSR count). The van der Waals surface area contributed by atoms with Gasteiger partial charge in [-0.1, -0.05) is 66.7 Å². The van der Waals surface area contributed by atoms with Gasteiger partial charge in [0.1, 0.15) is 23.1 Å². The topological polar surface area (TPSA) is 70.6 Å². The summed E-state index contributed by atoms with van der Waals surface area (Å²) >= 11 is 0. The van der Waals surface area contributed by atoms with Crippen molar-refractivity contribution in [2.75, 3.05) is 12.0 Å². The maximum atomic E-state index is 13.7. The van der Waals surface area contributed by atoms with E-state index in [9.17, 15) is 4.79 Å². The largest absolute Gasteiger partial charge is 0.497 e. The molecule has 6 heteroatoms. The quantitative estimate of drug-likeness (QED) is 0.317. The van der Waals surface area contributed by atoms with Crippen molar-refractivity contribution in [1.29, 1.82) is 0 Å². The summed E-state index contributed by atoms with van der Waals surface area (Å²) < 4.78 is 5.25. The Bertz CT molecular complexity index is 1600. The van der Waals surface area contributed by atoms with Crippen molar-refractivity contribution < 1.29 is 9.53 Å². The standard InChI is InChI=1S/C30H22N4O2/c1-36-24-16-14-20(15-17-24)18-27-30(35)34(29(33-27)21-8-3-2-4-9-21)23-11-7-10-22(19-23)28-31-25-12-5-6-13-26(25)32-28/h2-19H,1H3,(H,31,32). The van der Waals surface area contributed by atoms with Crippen LogP contribution in [-0.4, -0.2) is 28.8 Å². The van der Waals surface area contributed by atoms with E-state index in [-0.39, 0.29) is 5.91 Å². The van der Waals surface area contributed by atoms with Crippen molar-refractivity contribution in [3.63, 3.8) is 0 Å². The number of nitrogens with one attached hydrogen (secondary N) is 1. The van der Waals surface area contributed by atoms with Gasteiger partial charge in [0, 0.05) is 11.1 Å². The minimum atomic E-state index is -0.188. The fourth-order valence-electron chi connectivity index (χ4n) is 4.28. The van der Waals surface area contributed by atoms with Gasteiger partial charge in [-0.05, 0) is 48.0 Å². The molecule has 0 bridgehead atoms. The van der Waals surface area contributed by atoms with Crippen LogP contribution in [0.25, 0.3) is 28.5 Å². The van der Waals surface area contributed by atoms with Crippen LogP contribution < -0.4 is 9.64 Å². The summed E-state index contributed by atoms with van der Waals surface area (Å²) in [6.45, 7) is 0. The fourth-order valence-corrected chi connectivity index (χ4v) is 4.28. The number of carbonyl (C=O) groups is 1. The molecular formula is C30H22N4O2. The molecule has 1 aromatic heterocycles. The van der Waals surface area contributed by atoms with Crippen LogP contribution in [0.5, 0.6) is 5.75 Å². The van der Waals surface area contributed by atoms with E-state index in [0.717, 1.165) is 45.0 Å². The molecule has 1 aliphatic rings. The minimum Gasteiger partial charge on any atom is -0.497 e. The lowest BCUT2D eigenvalue weighted by atomic mass is 10.1. The highest BCUT2D eigenvalue weighted by molar-refractivity contribution is 6.33. The number of para-hydroxylation sites is 2. The molecule has 4 aromatic carbocycles. The lowest BCUT2D eigenvalue weighted by Crippen LogP contribution is -2.32. The van der Waals surface area contributed by atoms with Crippen LogP contribution >= 0.6 is 0 Å². The van der Waals surface area contributed by atoms with Gasteiger partial charge in [-0.25, -0.2) is 9.98 Å². The van der Waals surface area contributed by atoms with Gasteiger partial charge in [-0.15, -0.1) is 0 Å². The van der Waals surface area contributed by atoms with E-state index < -0.39 is 0 Å². The molecule has 0 fully saturated rings. The molecule has 0 unspecified atom stereocenters. The van der Waals surface area contributed by atoms with Gasteiger partial charge in [-0.2, -0.15) is 0 Å². The predicted octanol–water partition coefficient (Wildman–Crippen LogP) is 6.07. The number of fused-ring (bicyclic) bond motifs is 1. The summed E-state index contributed by atoms with van der Waals surface area (Å²) in [7, 11) is 1.63. The number of ether oxygens (including phenoxy) is 1. The van der Waals surface area contributed by atoms with Crippen LogP contribution in [0.2, 0.25) is 0 Å². The monoisotopic (exact) mass is 470 g/mol. The Labute approximate surface area is 208 Å². The number of hydrogen-bond acceptors (Lipinski definition) is 4. The Hall–Kier alpha value is -4.97. The third kappa shape index (κ3) is 3.95. The molecule has 6 nitrogen and oxygen atoms in total. The van der Waals surface area contributed by atoms with Gasteiger partial charge in [0.15, 0.2) is 0 Å². The Balaban J connectivity index is 1.42. The second kappa shape index (κ2) is 9.00. The molecule has 0 saturated carbocycles. The van der Waals surface area contributed by atoms with E-state index in [1.807, 2.05) is 103 Å². The number of aromatic amines is 1. The van der Waals surface area contributed by atoms with Crippen molar-refractivity contribution in [2.45, 2.75) is 0 Å². The molecule has 0 radical (unpaired) electrons. The number of rotatable bonds is 5. The normalized spacial score (nSPS) is 14.5. The van der Waals surface area contributed by atoms with Gasteiger partial charge in [-0.3, -0.25) is 9.69 Å². The van der Waals surface area contributed by atoms with Gasteiger partial charge >= 0.3 is 0 Å². The number of hydrogen-bond donors (Lipinski definition) is 1. The second-order valence-corrected chi connectivity index (χ2v) is 8.40. The zero-order valence-electron chi connectivity index (χ0n) is 19.6. The Morgan fingerprint density at radius 3 is 2.36 bits per heavy atom. The Kier molecular flexibility index (Phi) is 5.39. The van der Waals surface area contributed by atoms with Crippen LogP contribution in [0.15, 0.2) is 114 Å². The lowest BCUT2D eigenvalue weighted by Gasteiger charge is -2.19. The highest BCUT2D eigenvalue weighted by atomic mass is 16.5. The third-order valence-corrected chi connectivity index (χ3v) is 6.08. The van der Waals surface area contributed by atoms with E-state index >= 15 is 0 Å². The number of imidazole rings is 1. The van der Waals surface area contributed by atoms with Gasteiger partial charge < -0.3 is 9.72 Å². The van der Waals surface area contributed by atoms with Gasteiger partial charge in [0.2, 0.25) is 0 Å². The maximum absolute atomic E-state index is 13.7. The highest BCUT2D eigenvalue weighted by Gasteiger charge is 2.32. The van der Waals surface area contributed by atoms with Crippen LogP contribution in [0.3, 0.4) is 0 Å². The van der Waals surface area contributed by atoms with Gasteiger partial charge in [0.25, 0.3) is 5.91 Å². The number of nitrogens with zero attached hydrogens (tertiary/aromatic N) is 3. The van der Waals surface area contributed by atoms with E-state index in [1.54, 1.807) is 18.1 Å². The summed E-state index contributed by atoms with van der Waals surface area (Å²) in [5.41, 5.74) is 5.56. The molecule has 0 atom stereocenters. The number of amidine groups is 1. The number of methoxy groups -OCH3 is 1. The third-order valence-electron chi connectivity index (χ3n) is 6.08. The molecular weight excluding hydrogens is 448 g/mol. The van der Waals surface area contributed by atoms with E-state index in [4.69, 9.17) is 14.7 Å². The molecule has 1 N–H and O–H groups in total. The molecule has 0 saturated heterocycles. The molecule has 2 heterocycles. The first-order chi connectivity index (χ1) is 17.7. The first-order valence-corrected chi connectivity index (χ1v) is 11.6. The van der Waals surface area contributed by atoms with Crippen molar-refractivity contribution in [1.82, 2.24) is 9.97 Å². The fraction of sp³-hybridized carbons (Fsp3) is 0.0333. The first-order valence-electron chi connectivity index (χ1n) is 11.6. The average molecular weight is 471 g/mol. The molecule has 1 amide bonds. The number of amides is 1. The zero-order chi connectivity index (χ0) is 24.5. The SMILES string of the molecule is COc1ccc(C=C2N=C(c3ccccc3)N(c3cccc(-c4nc5ccccc5[nH]4)c3)C2=O)cc1. The molecule has 0 spiro atoms. The highest BCUT2D eigenvalue weighted by Crippen LogP contribution is 2.31. The lowest BCUT2D eigenvalue weighted by molar-refractivity contribution is -0.113. The van der Waals surface area contributed by atoms with Crippen LogP contribution in [0, 0.1) is 0 Å². The van der Waals surface area contributed by atoms with Crippen LogP contribution in [0.4, 0.5) is 5.69 Å². The van der Waals surface area contributed by atoms with E-state index in [1.165, 1.54) is 0 Å². The van der Waals surface area contributed by atoms with Gasteiger partial charge in [0.05, 0.1) is 23.8 Å². The van der Waals surface area contributed by atoms with Crippen LogP contribution in [0.1, 0.15) is 11.1 Å².